The minimum atomic E-state index is 0.0727. The van der Waals surface area contributed by atoms with Crippen LogP contribution in [0.25, 0.3) is 0 Å². The van der Waals surface area contributed by atoms with Gasteiger partial charge in [-0.15, -0.1) is 0 Å². The Hall–Kier alpha value is -1.55. The van der Waals surface area contributed by atoms with Gasteiger partial charge in [-0.1, -0.05) is 19.8 Å². The molecule has 0 radical (unpaired) electrons. The van der Waals surface area contributed by atoms with Gasteiger partial charge in [-0.2, -0.15) is 0 Å². The summed E-state index contributed by atoms with van der Waals surface area (Å²) < 4.78 is 10.7. The highest BCUT2D eigenvalue weighted by molar-refractivity contribution is 5.90. The van der Waals surface area contributed by atoms with E-state index in [1.165, 1.54) is 0 Å². The van der Waals surface area contributed by atoms with E-state index >= 15 is 0 Å². The molecule has 0 unspecified atom stereocenters. The van der Waals surface area contributed by atoms with Crippen molar-refractivity contribution in [3.05, 3.63) is 24.3 Å². The predicted molar refractivity (Wildman–Crippen MR) is 81.2 cm³/mol. The standard InChI is InChI=1S/C16H25NO3/c1-3-5-6-7-16(18)17-14-8-10-15(11-9-14)20-13-12-19-4-2/h8-11H,3-7,12-13H2,1-2H3,(H,17,18). The van der Waals surface area contributed by atoms with Crippen LogP contribution in [0.1, 0.15) is 39.5 Å². The Morgan fingerprint density at radius 3 is 2.50 bits per heavy atom. The molecule has 1 N–H and O–H groups in total. The summed E-state index contributed by atoms with van der Waals surface area (Å²) in [6.07, 6.45) is 3.75. The highest BCUT2D eigenvalue weighted by atomic mass is 16.5. The van der Waals surface area contributed by atoms with E-state index in [9.17, 15) is 4.79 Å². The van der Waals surface area contributed by atoms with Gasteiger partial charge in [0.05, 0.1) is 6.61 Å². The van der Waals surface area contributed by atoms with Crippen molar-refractivity contribution in [3.8, 4) is 5.75 Å². The van der Waals surface area contributed by atoms with Crippen molar-refractivity contribution in [3.63, 3.8) is 0 Å². The summed E-state index contributed by atoms with van der Waals surface area (Å²) in [6, 6.07) is 7.42. The van der Waals surface area contributed by atoms with Crippen LogP contribution in [0, 0.1) is 0 Å². The summed E-state index contributed by atoms with van der Waals surface area (Å²) in [5.74, 6) is 0.858. The van der Waals surface area contributed by atoms with Gasteiger partial charge >= 0.3 is 0 Å². The van der Waals surface area contributed by atoms with Gasteiger partial charge in [0.2, 0.25) is 5.91 Å². The van der Waals surface area contributed by atoms with Crippen LogP contribution >= 0.6 is 0 Å². The van der Waals surface area contributed by atoms with E-state index in [1.807, 2.05) is 31.2 Å². The maximum atomic E-state index is 11.7. The molecule has 1 aromatic carbocycles. The highest BCUT2D eigenvalue weighted by Crippen LogP contribution is 2.16. The summed E-state index contributed by atoms with van der Waals surface area (Å²) >= 11 is 0. The second-order valence-corrected chi connectivity index (χ2v) is 4.58. The predicted octanol–water partition coefficient (Wildman–Crippen LogP) is 3.62. The fourth-order valence-corrected chi connectivity index (χ4v) is 1.76. The third kappa shape index (κ3) is 7.14. The first-order valence-corrected chi connectivity index (χ1v) is 7.36. The van der Waals surface area contributed by atoms with Gasteiger partial charge in [-0.05, 0) is 37.6 Å². The van der Waals surface area contributed by atoms with E-state index in [1.54, 1.807) is 0 Å². The van der Waals surface area contributed by atoms with Crippen LogP contribution in [0.4, 0.5) is 5.69 Å². The van der Waals surface area contributed by atoms with Crippen LogP contribution < -0.4 is 10.1 Å². The number of rotatable bonds is 10. The molecule has 0 aliphatic heterocycles. The molecule has 0 saturated heterocycles. The summed E-state index contributed by atoms with van der Waals surface area (Å²) in [6.45, 7) is 5.91. The molecule has 0 aromatic heterocycles. The van der Waals surface area contributed by atoms with Gasteiger partial charge in [0.25, 0.3) is 0 Å². The second-order valence-electron chi connectivity index (χ2n) is 4.58. The molecule has 0 saturated carbocycles. The van der Waals surface area contributed by atoms with E-state index in [0.29, 0.717) is 26.2 Å². The number of hydrogen-bond acceptors (Lipinski definition) is 3. The topological polar surface area (TPSA) is 47.6 Å². The molecule has 0 atom stereocenters. The lowest BCUT2D eigenvalue weighted by atomic mass is 10.2. The van der Waals surface area contributed by atoms with Crippen LogP contribution in [-0.4, -0.2) is 25.7 Å². The summed E-state index contributed by atoms with van der Waals surface area (Å²) in [4.78, 5) is 11.7. The molecule has 0 aliphatic rings. The molecule has 4 heteroatoms. The lowest BCUT2D eigenvalue weighted by molar-refractivity contribution is -0.116. The summed E-state index contributed by atoms with van der Waals surface area (Å²) in [5.41, 5.74) is 0.809. The summed E-state index contributed by atoms with van der Waals surface area (Å²) in [7, 11) is 0. The number of ether oxygens (including phenoxy) is 2. The van der Waals surface area contributed by atoms with Gasteiger partial charge in [0.1, 0.15) is 12.4 Å². The first-order chi connectivity index (χ1) is 9.76. The molecule has 0 spiro atoms. The van der Waals surface area contributed by atoms with Crippen LogP contribution in [0.3, 0.4) is 0 Å². The van der Waals surface area contributed by atoms with Gasteiger partial charge in [0.15, 0.2) is 0 Å². The Morgan fingerprint density at radius 1 is 1.10 bits per heavy atom. The number of carbonyl (C=O) groups excluding carboxylic acids is 1. The van der Waals surface area contributed by atoms with Crippen molar-refractivity contribution in [1.82, 2.24) is 0 Å². The Kier molecular flexibility index (Phi) is 8.47. The largest absolute Gasteiger partial charge is 0.491 e. The van der Waals surface area contributed by atoms with Crippen molar-refractivity contribution < 1.29 is 14.3 Å². The minimum Gasteiger partial charge on any atom is -0.491 e. The van der Waals surface area contributed by atoms with Gasteiger partial charge in [-0.3, -0.25) is 4.79 Å². The van der Waals surface area contributed by atoms with E-state index in [4.69, 9.17) is 9.47 Å². The van der Waals surface area contributed by atoms with Crippen molar-refractivity contribution in [1.29, 1.82) is 0 Å². The van der Waals surface area contributed by atoms with E-state index < -0.39 is 0 Å². The number of carbonyl (C=O) groups is 1. The molecule has 4 nitrogen and oxygen atoms in total. The SMILES string of the molecule is CCCCCC(=O)Nc1ccc(OCCOCC)cc1. The monoisotopic (exact) mass is 279 g/mol. The lowest BCUT2D eigenvalue weighted by Gasteiger charge is -2.08. The normalized spacial score (nSPS) is 10.3. The maximum Gasteiger partial charge on any atom is 0.224 e. The van der Waals surface area contributed by atoms with Crippen LogP contribution in [0.2, 0.25) is 0 Å². The number of anilines is 1. The molecular weight excluding hydrogens is 254 g/mol. The summed E-state index contributed by atoms with van der Waals surface area (Å²) in [5, 5.41) is 2.89. The van der Waals surface area contributed by atoms with E-state index in [2.05, 4.69) is 12.2 Å². The molecule has 1 amide bonds. The average Bonchev–Trinajstić information content (AvgIpc) is 2.46. The van der Waals surface area contributed by atoms with Crippen molar-refractivity contribution in [2.75, 3.05) is 25.1 Å². The third-order valence-electron chi connectivity index (χ3n) is 2.85. The molecule has 20 heavy (non-hydrogen) atoms. The number of nitrogens with one attached hydrogen (secondary N) is 1. The molecular formula is C16H25NO3. The molecule has 0 aliphatic carbocycles. The van der Waals surface area contributed by atoms with Crippen LogP contribution in [0.5, 0.6) is 5.75 Å². The minimum absolute atomic E-state index is 0.0727. The Morgan fingerprint density at radius 2 is 1.85 bits per heavy atom. The molecule has 1 aromatic rings. The molecule has 112 valence electrons. The average molecular weight is 279 g/mol. The van der Waals surface area contributed by atoms with Crippen molar-refractivity contribution in [2.45, 2.75) is 39.5 Å². The Balaban J connectivity index is 2.29. The van der Waals surface area contributed by atoms with Crippen molar-refractivity contribution >= 4 is 11.6 Å². The highest BCUT2D eigenvalue weighted by Gasteiger charge is 2.02. The zero-order chi connectivity index (χ0) is 14.6. The molecule has 0 fully saturated rings. The lowest BCUT2D eigenvalue weighted by Crippen LogP contribution is -2.11. The first kappa shape index (κ1) is 16.5. The zero-order valence-electron chi connectivity index (χ0n) is 12.5. The fraction of sp³-hybridized carbons (Fsp3) is 0.562. The molecule has 0 bridgehead atoms. The molecule has 0 heterocycles. The van der Waals surface area contributed by atoms with Crippen LogP contribution in [-0.2, 0) is 9.53 Å². The number of amides is 1. The van der Waals surface area contributed by atoms with E-state index in [-0.39, 0.29) is 5.91 Å². The number of unbranched alkanes of at least 4 members (excludes halogenated alkanes) is 2. The maximum absolute atomic E-state index is 11.7. The van der Waals surface area contributed by atoms with Crippen LogP contribution in [0.15, 0.2) is 24.3 Å². The smallest absolute Gasteiger partial charge is 0.224 e. The third-order valence-corrected chi connectivity index (χ3v) is 2.85. The van der Waals surface area contributed by atoms with Gasteiger partial charge in [-0.25, -0.2) is 0 Å². The first-order valence-electron chi connectivity index (χ1n) is 7.36. The Labute approximate surface area is 121 Å². The fourth-order valence-electron chi connectivity index (χ4n) is 1.76. The quantitative estimate of drug-likeness (QED) is 0.665. The molecule has 1 rings (SSSR count). The second kappa shape index (κ2) is 10.3. The number of hydrogen-bond donors (Lipinski definition) is 1. The number of benzene rings is 1. The van der Waals surface area contributed by atoms with E-state index in [0.717, 1.165) is 30.7 Å². The van der Waals surface area contributed by atoms with Gasteiger partial charge in [0, 0.05) is 18.7 Å². The van der Waals surface area contributed by atoms with Crippen molar-refractivity contribution in [2.24, 2.45) is 0 Å². The zero-order valence-corrected chi connectivity index (χ0v) is 12.5. The Bertz CT molecular complexity index is 376. The van der Waals surface area contributed by atoms with Gasteiger partial charge < -0.3 is 14.8 Å².